The predicted molar refractivity (Wildman–Crippen MR) is 97.1 cm³/mol. The maximum Gasteiger partial charge on any atom is 0.224 e. The molecule has 24 heavy (non-hydrogen) atoms. The maximum absolute atomic E-state index is 12.6. The molecule has 0 radical (unpaired) electrons. The van der Waals surface area contributed by atoms with Crippen LogP contribution in [0.3, 0.4) is 0 Å². The highest BCUT2D eigenvalue weighted by molar-refractivity contribution is 7.09. The number of carbonyl (C=O) groups is 1. The maximum atomic E-state index is 12.6. The lowest BCUT2D eigenvalue weighted by Gasteiger charge is -2.23. The lowest BCUT2D eigenvalue weighted by Crippen LogP contribution is -2.36. The molecule has 2 aromatic rings. The fourth-order valence-corrected chi connectivity index (χ4v) is 3.82. The Kier molecular flexibility index (Phi) is 5.68. The van der Waals surface area contributed by atoms with Gasteiger partial charge >= 0.3 is 0 Å². The van der Waals surface area contributed by atoms with Crippen molar-refractivity contribution < 1.29 is 4.79 Å². The van der Waals surface area contributed by atoms with Crippen LogP contribution in [0.2, 0.25) is 0 Å². The highest BCUT2D eigenvalue weighted by atomic mass is 32.1. The molecule has 1 atom stereocenters. The molecule has 0 N–H and O–H groups in total. The summed E-state index contributed by atoms with van der Waals surface area (Å²) in [7, 11) is 0. The van der Waals surface area contributed by atoms with E-state index in [-0.39, 0.29) is 11.9 Å². The highest BCUT2D eigenvalue weighted by Gasteiger charge is 2.21. The Labute approximate surface area is 147 Å². The number of carbonyl (C=O) groups excluding carboxylic acids is 1. The monoisotopic (exact) mass is 346 g/mol. The van der Waals surface area contributed by atoms with Crippen molar-refractivity contribution in [2.75, 3.05) is 26.2 Å². The smallest absolute Gasteiger partial charge is 0.224 e. The summed E-state index contributed by atoms with van der Waals surface area (Å²) in [6.45, 7) is 8.69. The van der Waals surface area contributed by atoms with Gasteiger partial charge in [-0.15, -0.1) is 11.3 Å². The predicted octanol–water partition coefficient (Wildman–Crippen LogP) is 2.94. The minimum absolute atomic E-state index is 0.213. The van der Waals surface area contributed by atoms with E-state index in [0.29, 0.717) is 6.42 Å². The second-order valence-corrected chi connectivity index (χ2v) is 7.61. The summed E-state index contributed by atoms with van der Waals surface area (Å²) >= 11 is 1.70. The lowest BCUT2D eigenvalue weighted by molar-refractivity contribution is -0.131. The van der Waals surface area contributed by atoms with E-state index in [1.54, 1.807) is 11.3 Å². The van der Waals surface area contributed by atoms with E-state index in [4.69, 9.17) is 0 Å². The van der Waals surface area contributed by atoms with Gasteiger partial charge in [0.25, 0.3) is 0 Å². The van der Waals surface area contributed by atoms with Crippen molar-refractivity contribution in [3.05, 3.63) is 40.6 Å². The van der Waals surface area contributed by atoms with Crippen molar-refractivity contribution in [2.45, 2.75) is 39.3 Å². The van der Waals surface area contributed by atoms with Gasteiger partial charge in [0.1, 0.15) is 0 Å². The van der Waals surface area contributed by atoms with Gasteiger partial charge in [-0.25, -0.2) is 4.98 Å². The summed E-state index contributed by atoms with van der Waals surface area (Å²) < 4.78 is 2.10. The van der Waals surface area contributed by atoms with Crippen molar-refractivity contribution in [3.63, 3.8) is 0 Å². The average Bonchev–Trinajstić information content (AvgIpc) is 3.16. The second-order valence-electron chi connectivity index (χ2n) is 6.55. The Morgan fingerprint density at radius 3 is 2.75 bits per heavy atom. The number of nitrogens with zero attached hydrogens (tertiary/aromatic N) is 4. The van der Waals surface area contributed by atoms with Gasteiger partial charge in [0.2, 0.25) is 5.91 Å². The first-order valence-electron chi connectivity index (χ1n) is 8.65. The molecule has 0 unspecified atom stereocenters. The van der Waals surface area contributed by atoms with Crippen LogP contribution in [0.25, 0.3) is 0 Å². The van der Waals surface area contributed by atoms with Gasteiger partial charge < -0.3 is 9.47 Å². The fraction of sp³-hybridized carbons (Fsp3) is 0.556. The largest absolute Gasteiger partial charge is 0.351 e. The van der Waals surface area contributed by atoms with E-state index in [1.165, 1.54) is 0 Å². The zero-order valence-electron chi connectivity index (χ0n) is 14.5. The molecule has 3 rings (SSSR count). The van der Waals surface area contributed by atoms with Gasteiger partial charge in [-0.05, 0) is 32.4 Å². The molecule has 0 bridgehead atoms. The van der Waals surface area contributed by atoms with E-state index < -0.39 is 0 Å². The Bertz CT molecular complexity index is 652. The molecule has 0 saturated carbocycles. The minimum Gasteiger partial charge on any atom is -0.351 e. The van der Waals surface area contributed by atoms with Crippen LogP contribution in [0.15, 0.2) is 29.9 Å². The summed E-state index contributed by atoms with van der Waals surface area (Å²) in [5.41, 5.74) is 1.15. The Balaban J connectivity index is 1.50. The standard InChI is InChI=1S/C18H26N4OS/c1-15(21-7-3-4-8-21)12-18(23)22-9-5-6-20(10-11-22)13-17-14-24-16(2)19-17/h3-4,7-8,14-15H,5-6,9-13H2,1-2H3/t15-/m0/s1. The summed E-state index contributed by atoms with van der Waals surface area (Å²) in [5, 5.41) is 3.26. The van der Waals surface area contributed by atoms with E-state index in [2.05, 4.69) is 26.8 Å². The number of hydrogen-bond acceptors (Lipinski definition) is 4. The average molecular weight is 347 g/mol. The van der Waals surface area contributed by atoms with Crippen LogP contribution in [0.5, 0.6) is 0 Å². The van der Waals surface area contributed by atoms with Gasteiger partial charge in [-0.3, -0.25) is 9.69 Å². The lowest BCUT2D eigenvalue weighted by atomic mass is 10.2. The molecule has 0 aliphatic carbocycles. The zero-order chi connectivity index (χ0) is 16.9. The van der Waals surface area contributed by atoms with E-state index >= 15 is 0 Å². The molecule has 3 heterocycles. The number of hydrogen-bond donors (Lipinski definition) is 0. The molecule has 2 aromatic heterocycles. The molecule has 1 aliphatic rings. The van der Waals surface area contributed by atoms with Gasteiger partial charge in [0.15, 0.2) is 0 Å². The quantitative estimate of drug-likeness (QED) is 0.836. The van der Waals surface area contributed by atoms with Crippen LogP contribution in [0.4, 0.5) is 0 Å². The molecule has 130 valence electrons. The number of thiazole rings is 1. The summed E-state index contributed by atoms with van der Waals surface area (Å²) in [6.07, 6.45) is 5.66. The van der Waals surface area contributed by atoms with Gasteiger partial charge in [-0.2, -0.15) is 0 Å². The van der Waals surface area contributed by atoms with Crippen LogP contribution in [0, 0.1) is 6.92 Å². The van der Waals surface area contributed by atoms with Crippen LogP contribution in [-0.2, 0) is 11.3 Å². The van der Waals surface area contributed by atoms with Gasteiger partial charge in [0.05, 0.1) is 10.7 Å². The fourth-order valence-electron chi connectivity index (χ4n) is 3.22. The molecular formula is C18H26N4OS. The SMILES string of the molecule is Cc1nc(CN2CCCN(C(=O)C[C@H](C)n3cccc3)CC2)cs1. The van der Waals surface area contributed by atoms with Crippen LogP contribution >= 0.6 is 11.3 Å². The number of aromatic nitrogens is 2. The van der Waals surface area contributed by atoms with Crippen LogP contribution in [0.1, 0.15) is 36.5 Å². The third-order valence-corrected chi connectivity index (χ3v) is 5.42. The summed E-state index contributed by atoms with van der Waals surface area (Å²) in [6, 6.07) is 4.22. The molecule has 0 aromatic carbocycles. The van der Waals surface area contributed by atoms with Gasteiger partial charge in [0, 0.05) is 63.0 Å². The van der Waals surface area contributed by atoms with E-state index in [0.717, 1.165) is 49.8 Å². The molecule has 6 heteroatoms. The van der Waals surface area contributed by atoms with Crippen LogP contribution in [-0.4, -0.2) is 51.4 Å². The van der Waals surface area contributed by atoms with E-state index in [1.807, 2.05) is 36.4 Å². The molecular weight excluding hydrogens is 320 g/mol. The highest BCUT2D eigenvalue weighted by Crippen LogP contribution is 2.16. The Morgan fingerprint density at radius 1 is 1.25 bits per heavy atom. The molecule has 1 saturated heterocycles. The normalized spacial score (nSPS) is 17.7. The first-order valence-corrected chi connectivity index (χ1v) is 9.53. The molecule has 0 spiro atoms. The number of amides is 1. The zero-order valence-corrected chi connectivity index (χ0v) is 15.3. The molecule has 1 aliphatic heterocycles. The second kappa shape index (κ2) is 7.94. The number of aryl methyl sites for hydroxylation is 1. The Morgan fingerprint density at radius 2 is 2.04 bits per heavy atom. The van der Waals surface area contributed by atoms with Crippen LogP contribution < -0.4 is 0 Å². The first kappa shape index (κ1) is 17.2. The van der Waals surface area contributed by atoms with Crippen molar-refractivity contribution >= 4 is 17.2 Å². The van der Waals surface area contributed by atoms with Gasteiger partial charge in [-0.1, -0.05) is 0 Å². The first-order chi connectivity index (χ1) is 11.6. The molecule has 1 fully saturated rings. The van der Waals surface area contributed by atoms with Crippen molar-refractivity contribution in [1.82, 2.24) is 19.4 Å². The minimum atomic E-state index is 0.213. The molecule has 1 amide bonds. The van der Waals surface area contributed by atoms with Crippen molar-refractivity contribution in [2.24, 2.45) is 0 Å². The Hall–Kier alpha value is -1.66. The summed E-state index contributed by atoms with van der Waals surface area (Å²) in [4.78, 5) is 21.6. The molecule has 5 nitrogen and oxygen atoms in total. The summed E-state index contributed by atoms with van der Waals surface area (Å²) in [5.74, 6) is 0.266. The topological polar surface area (TPSA) is 41.4 Å². The van der Waals surface area contributed by atoms with E-state index in [9.17, 15) is 4.79 Å². The third-order valence-electron chi connectivity index (χ3n) is 4.60. The van der Waals surface area contributed by atoms with Crippen molar-refractivity contribution in [1.29, 1.82) is 0 Å². The van der Waals surface area contributed by atoms with Crippen molar-refractivity contribution in [3.8, 4) is 0 Å². The number of rotatable bonds is 5. The third kappa shape index (κ3) is 4.45.